The molecule has 2 rings (SSSR count). The van der Waals surface area contributed by atoms with Crippen LogP contribution in [0.4, 0.5) is 5.69 Å². The summed E-state index contributed by atoms with van der Waals surface area (Å²) in [5.41, 5.74) is 0.445. The highest BCUT2D eigenvalue weighted by Crippen LogP contribution is 2.35. The molecule has 5 heteroatoms. The number of fused-ring (bicyclic) bond motifs is 1. The third-order valence-corrected chi connectivity index (χ3v) is 2.83. The summed E-state index contributed by atoms with van der Waals surface area (Å²) in [5, 5.41) is 21.1. The summed E-state index contributed by atoms with van der Waals surface area (Å²) in [6, 6.07) is 8.39. The van der Waals surface area contributed by atoms with Gasteiger partial charge in [-0.2, -0.15) is 0 Å². The van der Waals surface area contributed by atoms with Crippen LogP contribution in [0.5, 0.6) is 5.75 Å². The molecule has 0 fully saturated rings. The Hall–Kier alpha value is -2.58. The lowest BCUT2D eigenvalue weighted by molar-refractivity contribution is -0.383. The molecule has 0 amide bonds. The zero-order chi connectivity index (χ0) is 14.5. The summed E-state index contributed by atoms with van der Waals surface area (Å²) in [6.45, 7) is -0.0506. The molecular formula is C15H13NO4. The lowest BCUT2D eigenvalue weighted by Gasteiger charge is -2.08. The van der Waals surface area contributed by atoms with E-state index >= 15 is 0 Å². The molecule has 0 heterocycles. The van der Waals surface area contributed by atoms with Crippen LogP contribution in [0.2, 0.25) is 0 Å². The van der Waals surface area contributed by atoms with Crippen molar-refractivity contribution in [2.75, 3.05) is 13.7 Å². The Morgan fingerprint density at radius 2 is 2.05 bits per heavy atom. The number of rotatable bonds is 3. The first-order valence-corrected chi connectivity index (χ1v) is 6.03. The molecule has 0 radical (unpaired) electrons. The maximum absolute atomic E-state index is 11.2. The van der Waals surface area contributed by atoms with Crippen molar-refractivity contribution in [1.82, 2.24) is 0 Å². The van der Waals surface area contributed by atoms with Crippen LogP contribution >= 0.6 is 0 Å². The van der Waals surface area contributed by atoms with Gasteiger partial charge in [0.1, 0.15) is 5.75 Å². The largest absolute Gasteiger partial charge is 0.495 e. The number of hydrogen-bond acceptors (Lipinski definition) is 4. The first-order chi connectivity index (χ1) is 9.69. The number of nitro benzene ring substituents is 1. The second-order valence-corrected chi connectivity index (χ2v) is 4.05. The maximum Gasteiger partial charge on any atom is 0.278 e. The van der Waals surface area contributed by atoms with E-state index in [1.165, 1.54) is 13.2 Å². The van der Waals surface area contributed by atoms with Crippen molar-refractivity contribution in [3.63, 3.8) is 0 Å². The van der Waals surface area contributed by atoms with E-state index in [0.29, 0.717) is 28.5 Å². The smallest absolute Gasteiger partial charge is 0.278 e. The van der Waals surface area contributed by atoms with Crippen molar-refractivity contribution in [1.29, 1.82) is 0 Å². The molecule has 0 aliphatic heterocycles. The Morgan fingerprint density at radius 1 is 1.35 bits per heavy atom. The van der Waals surface area contributed by atoms with E-state index in [4.69, 9.17) is 9.84 Å². The Morgan fingerprint density at radius 3 is 2.65 bits per heavy atom. The number of nitrogens with zero attached hydrogens (tertiary/aromatic N) is 1. The van der Waals surface area contributed by atoms with Crippen molar-refractivity contribution in [3.8, 4) is 17.6 Å². The maximum atomic E-state index is 11.2. The molecule has 0 aliphatic rings. The van der Waals surface area contributed by atoms with Crippen LogP contribution < -0.4 is 4.74 Å². The van der Waals surface area contributed by atoms with Gasteiger partial charge in [-0.05, 0) is 6.07 Å². The van der Waals surface area contributed by atoms with Gasteiger partial charge < -0.3 is 9.84 Å². The molecule has 0 unspecified atom stereocenters. The Balaban J connectivity index is 2.75. The van der Waals surface area contributed by atoms with E-state index in [2.05, 4.69) is 11.8 Å². The zero-order valence-corrected chi connectivity index (χ0v) is 10.9. The molecule has 0 aliphatic carbocycles. The Bertz CT molecular complexity index is 713. The Labute approximate surface area is 115 Å². The predicted molar refractivity (Wildman–Crippen MR) is 75.7 cm³/mol. The monoisotopic (exact) mass is 271 g/mol. The van der Waals surface area contributed by atoms with Gasteiger partial charge >= 0.3 is 0 Å². The third kappa shape index (κ3) is 2.56. The summed E-state index contributed by atoms with van der Waals surface area (Å²) < 4.78 is 5.34. The number of aliphatic hydroxyl groups is 1. The number of nitro groups is 1. The third-order valence-electron chi connectivity index (χ3n) is 2.83. The lowest BCUT2D eigenvalue weighted by Crippen LogP contribution is -1.95. The molecule has 5 nitrogen and oxygen atoms in total. The standard InChI is InChI=1S/C15H13NO4/c1-20-15-11(6-4-5-9-17)10-14(16(18)19)12-7-2-3-8-13(12)15/h2-3,7-8,10,17H,5,9H2,1H3. The molecule has 1 N–H and O–H groups in total. The van der Waals surface area contributed by atoms with Crippen molar-refractivity contribution in [2.24, 2.45) is 0 Å². The van der Waals surface area contributed by atoms with Gasteiger partial charge in [0.25, 0.3) is 5.69 Å². The van der Waals surface area contributed by atoms with Crippen LogP contribution in [-0.2, 0) is 0 Å². The van der Waals surface area contributed by atoms with E-state index in [1.54, 1.807) is 24.3 Å². The van der Waals surface area contributed by atoms with Crippen LogP contribution in [0, 0.1) is 22.0 Å². The van der Waals surface area contributed by atoms with Crippen molar-refractivity contribution in [3.05, 3.63) is 46.0 Å². The van der Waals surface area contributed by atoms with Crippen molar-refractivity contribution in [2.45, 2.75) is 6.42 Å². The second kappa shape index (κ2) is 6.04. The molecule has 0 atom stereocenters. The number of methoxy groups -OCH3 is 1. The van der Waals surface area contributed by atoms with E-state index < -0.39 is 4.92 Å². The number of hydrogen-bond donors (Lipinski definition) is 1. The minimum absolute atomic E-state index is 0.00491. The molecule has 102 valence electrons. The molecular weight excluding hydrogens is 258 g/mol. The molecule has 0 spiro atoms. The molecule has 0 aromatic heterocycles. The first-order valence-electron chi connectivity index (χ1n) is 6.03. The zero-order valence-electron chi connectivity index (χ0n) is 10.9. The summed E-state index contributed by atoms with van der Waals surface area (Å²) in [4.78, 5) is 10.7. The van der Waals surface area contributed by atoms with Crippen LogP contribution in [0.15, 0.2) is 30.3 Å². The summed E-state index contributed by atoms with van der Waals surface area (Å²) in [5.74, 6) is 6.08. The number of non-ortho nitro benzene ring substituents is 1. The van der Waals surface area contributed by atoms with Crippen LogP contribution in [0.1, 0.15) is 12.0 Å². The van der Waals surface area contributed by atoms with E-state index in [0.717, 1.165) is 0 Å². The van der Waals surface area contributed by atoms with Crippen LogP contribution in [-0.4, -0.2) is 23.7 Å². The normalized spacial score (nSPS) is 9.90. The quantitative estimate of drug-likeness (QED) is 0.529. The molecule has 20 heavy (non-hydrogen) atoms. The fourth-order valence-electron chi connectivity index (χ4n) is 2.01. The molecule has 2 aromatic carbocycles. The van der Waals surface area contributed by atoms with Crippen molar-refractivity contribution >= 4 is 16.5 Å². The topological polar surface area (TPSA) is 72.6 Å². The van der Waals surface area contributed by atoms with E-state index in [1.807, 2.05) is 0 Å². The highest BCUT2D eigenvalue weighted by Gasteiger charge is 2.18. The summed E-state index contributed by atoms with van der Waals surface area (Å²) in [6.07, 6.45) is 0.309. The minimum atomic E-state index is -0.432. The number of aliphatic hydroxyl groups excluding tert-OH is 1. The van der Waals surface area contributed by atoms with Gasteiger partial charge in [-0.25, -0.2) is 0 Å². The minimum Gasteiger partial charge on any atom is -0.495 e. The highest BCUT2D eigenvalue weighted by atomic mass is 16.6. The molecule has 0 saturated heterocycles. The number of benzene rings is 2. The van der Waals surface area contributed by atoms with Crippen molar-refractivity contribution < 1.29 is 14.8 Å². The van der Waals surface area contributed by atoms with Crippen LogP contribution in [0.25, 0.3) is 10.8 Å². The summed E-state index contributed by atoms with van der Waals surface area (Å²) >= 11 is 0. The Kier molecular flexibility index (Phi) is 4.18. The van der Waals surface area contributed by atoms with Gasteiger partial charge in [0.2, 0.25) is 0 Å². The van der Waals surface area contributed by atoms with Crippen LogP contribution in [0.3, 0.4) is 0 Å². The average molecular weight is 271 g/mol. The fourth-order valence-corrected chi connectivity index (χ4v) is 2.01. The molecule has 0 saturated carbocycles. The highest BCUT2D eigenvalue weighted by molar-refractivity contribution is 5.97. The van der Waals surface area contributed by atoms with Gasteiger partial charge in [0.05, 0.1) is 29.6 Å². The lowest BCUT2D eigenvalue weighted by atomic mass is 10.0. The van der Waals surface area contributed by atoms with Gasteiger partial charge in [-0.15, -0.1) is 0 Å². The van der Waals surface area contributed by atoms with E-state index in [9.17, 15) is 10.1 Å². The SMILES string of the molecule is COc1c(C#CCCO)cc([N+](=O)[O-])c2ccccc12. The number of ether oxygens (including phenoxy) is 1. The van der Waals surface area contributed by atoms with E-state index in [-0.39, 0.29) is 12.3 Å². The molecule has 2 aromatic rings. The second-order valence-electron chi connectivity index (χ2n) is 4.05. The van der Waals surface area contributed by atoms with Gasteiger partial charge in [0.15, 0.2) is 0 Å². The molecule has 0 bridgehead atoms. The fraction of sp³-hybridized carbons (Fsp3) is 0.200. The first kappa shape index (κ1) is 13.8. The van der Waals surface area contributed by atoms with Gasteiger partial charge in [-0.3, -0.25) is 10.1 Å². The van der Waals surface area contributed by atoms with Gasteiger partial charge in [0, 0.05) is 17.9 Å². The van der Waals surface area contributed by atoms with Gasteiger partial charge in [-0.1, -0.05) is 30.0 Å². The summed E-state index contributed by atoms with van der Waals surface area (Å²) in [7, 11) is 1.50. The predicted octanol–water partition coefficient (Wildman–Crippen LogP) is 2.49. The average Bonchev–Trinajstić information content (AvgIpc) is 2.46.